The van der Waals surface area contributed by atoms with E-state index >= 15 is 0 Å². The SMILES string of the molecule is CCN(C(=O)CN(C)Cc1cc(C(=O)OC)c(C)o1)c1nc2ccccc2s1. The number of hydrogen-bond donors (Lipinski definition) is 0. The lowest BCUT2D eigenvalue weighted by Crippen LogP contribution is -2.38. The van der Waals surface area contributed by atoms with Crippen LogP contribution in [-0.4, -0.2) is 49.0 Å². The fourth-order valence-corrected chi connectivity index (χ4v) is 4.01. The van der Waals surface area contributed by atoms with Crippen molar-refractivity contribution in [1.82, 2.24) is 9.88 Å². The first kappa shape index (κ1) is 20.0. The maximum absolute atomic E-state index is 12.8. The van der Waals surface area contributed by atoms with Crippen molar-refractivity contribution in [3.05, 3.63) is 47.4 Å². The molecule has 3 aromatic rings. The third-order valence-electron chi connectivity index (χ3n) is 4.34. The molecule has 0 aliphatic heterocycles. The van der Waals surface area contributed by atoms with Crippen molar-refractivity contribution in [2.45, 2.75) is 20.4 Å². The fourth-order valence-electron chi connectivity index (χ4n) is 2.97. The van der Waals surface area contributed by atoms with E-state index in [4.69, 9.17) is 9.15 Å². The van der Waals surface area contributed by atoms with Gasteiger partial charge in [0.1, 0.15) is 17.1 Å². The second-order valence-corrected chi connectivity index (χ2v) is 7.46. The van der Waals surface area contributed by atoms with E-state index < -0.39 is 5.97 Å². The zero-order chi connectivity index (χ0) is 20.3. The molecule has 0 aliphatic carbocycles. The van der Waals surface area contributed by atoms with Crippen LogP contribution in [0.2, 0.25) is 0 Å². The number of esters is 1. The van der Waals surface area contributed by atoms with Crippen molar-refractivity contribution in [2.75, 3.05) is 32.1 Å². The molecule has 0 saturated heterocycles. The third kappa shape index (κ3) is 4.23. The Labute approximate surface area is 167 Å². The molecule has 0 atom stereocenters. The number of amides is 1. The smallest absolute Gasteiger partial charge is 0.341 e. The Morgan fingerprint density at radius 1 is 1.29 bits per heavy atom. The maximum Gasteiger partial charge on any atom is 0.341 e. The summed E-state index contributed by atoms with van der Waals surface area (Å²) in [6, 6.07) is 9.50. The molecule has 0 aliphatic rings. The van der Waals surface area contributed by atoms with Gasteiger partial charge in [-0.2, -0.15) is 0 Å². The minimum atomic E-state index is -0.431. The molecule has 1 amide bonds. The van der Waals surface area contributed by atoms with Crippen molar-refractivity contribution in [3.8, 4) is 0 Å². The lowest BCUT2D eigenvalue weighted by Gasteiger charge is -2.21. The number of aromatic nitrogens is 1. The van der Waals surface area contributed by atoms with Gasteiger partial charge >= 0.3 is 5.97 Å². The van der Waals surface area contributed by atoms with Crippen molar-refractivity contribution >= 4 is 38.6 Å². The number of thiazole rings is 1. The molecule has 8 heteroatoms. The summed E-state index contributed by atoms with van der Waals surface area (Å²) in [6.07, 6.45) is 0. The van der Waals surface area contributed by atoms with Gasteiger partial charge in [-0.15, -0.1) is 0 Å². The summed E-state index contributed by atoms with van der Waals surface area (Å²) >= 11 is 1.51. The molecule has 0 unspecified atom stereocenters. The van der Waals surface area contributed by atoms with Crippen molar-refractivity contribution in [2.24, 2.45) is 0 Å². The normalized spacial score (nSPS) is 11.2. The van der Waals surface area contributed by atoms with Crippen LogP contribution in [0.3, 0.4) is 0 Å². The molecule has 7 nitrogen and oxygen atoms in total. The number of hydrogen-bond acceptors (Lipinski definition) is 7. The van der Waals surface area contributed by atoms with E-state index in [1.807, 2.05) is 43.1 Å². The van der Waals surface area contributed by atoms with Gasteiger partial charge in [-0.25, -0.2) is 9.78 Å². The molecular weight excluding hydrogens is 378 g/mol. The van der Waals surface area contributed by atoms with Crippen LogP contribution < -0.4 is 4.90 Å². The molecule has 0 N–H and O–H groups in total. The van der Waals surface area contributed by atoms with Crippen LogP contribution in [0.4, 0.5) is 5.13 Å². The van der Waals surface area contributed by atoms with E-state index in [2.05, 4.69) is 4.98 Å². The highest BCUT2D eigenvalue weighted by atomic mass is 32.1. The van der Waals surface area contributed by atoms with E-state index in [1.165, 1.54) is 18.4 Å². The minimum Gasteiger partial charge on any atom is -0.465 e. The number of anilines is 1. The summed E-state index contributed by atoms with van der Waals surface area (Å²) in [7, 11) is 3.17. The molecule has 0 bridgehead atoms. The molecule has 1 aromatic carbocycles. The number of para-hydroxylation sites is 1. The Morgan fingerprint density at radius 3 is 2.71 bits per heavy atom. The number of carbonyl (C=O) groups excluding carboxylic acids is 2. The second kappa shape index (κ2) is 8.53. The Balaban J connectivity index is 1.68. The van der Waals surface area contributed by atoms with Crippen LogP contribution in [0.1, 0.15) is 28.8 Å². The van der Waals surface area contributed by atoms with Crippen LogP contribution in [0.25, 0.3) is 10.2 Å². The summed E-state index contributed by atoms with van der Waals surface area (Å²) in [5.41, 5.74) is 1.30. The first-order valence-corrected chi connectivity index (χ1v) is 9.76. The third-order valence-corrected chi connectivity index (χ3v) is 5.40. The number of nitrogens with zero attached hydrogens (tertiary/aromatic N) is 3. The molecule has 2 aromatic heterocycles. The van der Waals surface area contributed by atoms with E-state index in [0.29, 0.717) is 35.3 Å². The summed E-state index contributed by atoms with van der Waals surface area (Å²) in [4.78, 5) is 32.6. The zero-order valence-electron chi connectivity index (χ0n) is 16.4. The molecule has 3 rings (SSSR count). The van der Waals surface area contributed by atoms with Crippen LogP contribution in [0, 0.1) is 6.92 Å². The van der Waals surface area contributed by atoms with Crippen molar-refractivity contribution < 1.29 is 18.7 Å². The highest BCUT2D eigenvalue weighted by molar-refractivity contribution is 7.22. The predicted molar refractivity (Wildman–Crippen MR) is 109 cm³/mol. The first-order valence-electron chi connectivity index (χ1n) is 8.95. The largest absolute Gasteiger partial charge is 0.465 e. The molecular formula is C20H23N3O4S. The molecule has 0 fully saturated rings. The number of likely N-dealkylation sites (N-methyl/N-ethyl adjacent to an activating group) is 2. The van der Waals surface area contributed by atoms with E-state index in [-0.39, 0.29) is 12.5 Å². The number of aryl methyl sites for hydroxylation is 1. The van der Waals surface area contributed by atoms with E-state index in [1.54, 1.807) is 17.9 Å². The number of carbonyl (C=O) groups is 2. The number of fused-ring (bicyclic) bond motifs is 1. The number of rotatable bonds is 7. The van der Waals surface area contributed by atoms with Crippen molar-refractivity contribution in [1.29, 1.82) is 0 Å². The predicted octanol–water partition coefficient (Wildman–Crippen LogP) is 3.47. The quantitative estimate of drug-likeness (QED) is 0.564. The number of benzene rings is 1. The summed E-state index contributed by atoms with van der Waals surface area (Å²) in [5, 5.41) is 0.698. The van der Waals surface area contributed by atoms with Crippen LogP contribution in [0.5, 0.6) is 0 Å². The Bertz CT molecular complexity index is 961. The lowest BCUT2D eigenvalue weighted by atomic mass is 10.2. The minimum absolute atomic E-state index is 0.0412. The van der Waals surface area contributed by atoms with Gasteiger partial charge < -0.3 is 9.15 Å². The zero-order valence-corrected chi connectivity index (χ0v) is 17.2. The standard InChI is InChI=1S/C20H23N3O4S/c1-5-23(20-21-16-8-6-7-9-17(16)28-20)18(24)12-22(3)11-14-10-15(13(2)27-14)19(25)26-4/h6-10H,5,11-12H2,1-4H3. The highest BCUT2D eigenvalue weighted by Crippen LogP contribution is 2.28. The van der Waals surface area contributed by atoms with Gasteiger partial charge in [-0.05, 0) is 39.1 Å². The fraction of sp³-hybridized carbons (Fsp3) is 0.350. The number of methoxy groups -OCH3 is 1. The number of ether oxygens (including phenoxy) is 1. The highest BCUT2D eigenvalue weighted by Gasteiger charge is 2.21. The van der Waals surface area contributed by atoms with Crippen LogP contribution in [-0.2, 0) is 16.1 Å². The van der Waals surface area contributed by atoms with Gasteiger partial charge in [0.2, 0.25) is 5.91 Å². The van der Waals surface area contributed by atoms with E-state index in [9.17, 15) is 9.59 Å². The average molecular weight is 401 g/mol. The van der Waals surface area contributed by atoms with Crippen LogP contribution in [0.15, 0.2) is 34.7 Å². The maximum atomic E-state index is 12.8. The molecule has 0 saturated carbocycles. The summed E-state index contributed by atoms with van der Waals surface area (Å²) < 4.78 is 11.4. The molecule has 28 heavy (non-hydrogen) atoms. The second-order valence-electron chi connectivity index (χ2n) is 6.45. The summed E-state index contributed by atoms with van der Waals surface area (Å²) in [5.74, 6) is 0.641. The Hall–Kier alpha value is -2.71. The Kier molecular flexibility index (Phi) is 6.11. The summed E-state index contributed by atoms with van der Waals surface area (Å²) in [6.45, 7) is 4.80. The number of furan rings is 1. The van der Waals surface area contributed by atoms with Gasteiger partial charge in [0.05, 0.1) is 30.4 Å². The van der Waals surface area contributed by atoms with E-state index in [0.717, 1.165) is 10.2 Å². The first-order chi connectivity index (χ1) is 13.4. The average Bonchev–Trinajstić information content (AvgIpc) is 3.24. The van der Waals surface area contributed by atoms with Crippen LogP contribution >= 0.6 is 11.3 Å². The molecule has 2 heterocycles. The van der Waals surface area contributed by atoms with Gasteiger partial charge in [-0.1, -0.05) is 23.5 Å². The molecule has 148 valence electrons. The Morgan fingerprint density at radius 2 is 2.04 bits per heavy atom. The van der Waals surface area contributed by atoms with Gasteiger partial charge in [0.25, 0.3) is 0 Å². The van der Waals surface area contributed by atoms with Gasteiger partial charge in [0.15, 0.2) is 5.13 Å². The molecule has 0 spiro atoms. The van der Waals surface area contributed by atoms with Crippen molar-refractivity contribution in [3.63, 3.8) is 0 Å². The van der Waals surface area contributed by atoms with Gasteiger partial charge in [0, 0.05) is 6.54 Å². The molecule has 0 radical (unpaired) electrons. The lowest BCUT2D eigenvalue weighted by molar-refractivity contribution is -0.119. The monoisotopic (exact) mass is 401 g/mol. The topological polar surface area (TPSA) is 75.9 Å². The van der Waals surface area contributed by atoms with Gasteiger partial charge in [-0.3, -0.25) is 14.6 Å².